The molecule has 0 fully saturated rings. The van der Waals surface area contributed by atoms with Crippen LogP contribution in [0.3, 0.4) is 0 Å². The molecule has 6 heteroatoms. The van der Waals surface area contributed by atoms with Crippen LogP contribution in [-0.2, 0) is 0 Å². The van der Waals surface area contributed by atoms with Crippen molar-refractivity contribution in [2.45, 2.75) is 50.9 Å². The standard InChI is InChI=1S/C8H18F4Si2/c1-3-13(9,10)7-5-6-8-14(11,12)4-2/h3-8H2,1-2H3. The van der Waals surface area contributed by atoms with E-state index in [4.69, 9.17) is 0 Å². The first-order chi connectivity index (χ1) is 6.33. The van der Waals surface area contributed by atoms with Crippen LogP contribution < -0.4 is 0 Å². The normalized spacial score (nSPS) is 13.3. The van der Waals surface area contributed by atoms with E-state index in [-0.39, 0.29) is 37.0 Å². The van der Waals surface area contributed by atoms with Gasteiger partial charge in [0.15, 0.2) is 0 Å². The van der Waals surface area contributed by atoms with Crippen molar-refractivity contribution in [3.63, 3.8) is 0 Å². The highest BCUT2D eigenvalue weighted by Gasteiger charge is 2.34. The minimum Gasteiger partial charge on any atom is -0.270 e. The molecule has 0 aromatic rings. The van der Waals surface area contributed by atoms with E-state index < -0.39 is 17.5 Å². The maximum absolute atomic E-state index is 12.8. The van der Waals surface area contributed by atoms with Crippen LogP contribution in [0.15, 0.2) is 0 Å². The Bertz CT molecular complexity index is 143. The van der Waals surface area contributed by atoms with Crippen molar-refractivity contribution in [1.29, 1.82) is 0 Å². The fourth-order valence-electron chi connectivity index (χ4n) is 1.12. The van der Waals surface area contributed by atoms with Crippen molar-refractivity contribution in [2.24, 2.45) is 0 Å². The van der Waals surface area contributed by atoms with Crippen LogP contribution in [0.1, 0.15) is 26.7 Å². The number of halogens is 4. The van der Waals surface area contributed by atoms with Gasteiger partial charge in [-0.05, 0) is 24.2 Å². The van der Waals surface area contributed by atoms with Gasteiger partial charge in [0.1, 0.15) is 0 Å². The average Bonchev–Trinajstić information content (AvgIpc) is 2.13. The van der Waals surface area contributed by atoms with Gasteiger partial charge in [-0.2, -0.15) is 0 Å². The number of hydrogen-bond acceptors (Lipinski definition) is 0. The lowest BCUT2D eigenvalue weighted by atomic mass is 10.4. The van der Waals surface area contributed by atoms with Crippen molar-refractivity contribution in [1.82, 2.24) is 0 Å². The van der Waals surface area contributed by atoms with E-state index in [1.165, 1.54) is 13.8 Å². The van der Waals surface area contributed by atoms with Gasteiger partial charge in [-0.3, -0.25) is 16.4 Å². The first-order valence-corrected chi connectivity index (χ1v) is 9.42. The summed E-state index contributed by atoms with van der Waals surface area (Å²) >= 11 is 0. The number of hydrogen-bond donors (Lipinski definition) is 0. The Morgan fingerprint density at radius 2 is 1.00 bits per heavy atom. The Kier molecular flexibility index (Phi) is 5.96. The average molecular weight is 246 g/mol. The van der Waals surface area contributed by atoms with E-state index in [2.05, 4.69) is 0 Å². The van der Waals surface area contributed by atoms with Gasteiger partial charge < -0.3 is 0 Å². The zero-order valence-corrected chi connectivity index (χ0v) is 10.8. The second kappa shape index (κ2) is 5.90. The van der Waals surface area contributed by atoms with Gasteiger partial charge in [0.05, 0.1) is 0 Å². The molecule has 0 rings (SSSR count). The molecule has 0 aliphatic carbocycles. The first kappa shape index (κ1) is 14.2. The van der Waals surface area contributed by atoms with Crippen LogP contribution in [0, 0.1) is 0 Å². The van der Waals surface area contributed by atoms with E-state index in [1.807, 2.05) is 0 Å². The first-order valence-electron chi connectivity index (χ1n) is 5.08. The highest BCUT2D eigenvalue weighted by molar-refractivity contribution is 6.66. The predicted molar refractivity (Wildman–Crippen MR) is 55.8 cm³/mol. The molecule has 0 atom stereocenters. The van der Waals surface area contributed by atoms with Gasteiger partial charge in [-0.15, -0.1) is 0 Å². The molecule has 0 saturated heterocycles. The van der Waals surface area contributed by atoms with Gasteiger partial charge in [-0.25, -0.2) is 0 Å². The van der Waals surface area contributed by atoms with Crippen LogP contribution >= 0.6 is 0 Å². The van der Waals surface area contributed by atoms with Gasteiger partial charge in [0, 0.05) is 0 Å². The Labute approximate surface area is 85.4 Å². The van der Waals surface area contributed by atoms with Gasteiger partial charge in [-0.1, -0.05) is 26.7 Å². The SMILES string of the molecule is CC[Si](F)(F)CCCC[Si](F)(F)CC. The summed E-state index contributed by atoms with van der Waals surface area (Å²) < 4.78 is 51.3. The predicted octanol–water partition coefficient (Wildman–Crippen LogP) is 4.57. The lowest BCUT2D eigenvalue weighted by Gasteiger charge is -2.12. The molecule has 0 aliphatic heterocycles. The van der Waals surface area contributed by atoms with Crippen molar-refractivity contribution in [3.8, 4) is 0 Å². The molecule has 0 aliphatic rings. The summed E-state index contributed by atoms with van der Waals surface area (Å²) in [5.74, 6) is 0. The molecular formula is C8H18F4Si2. The number of unbranched alkanes of at least 4 members (excludes halogenated alkanes) is 1. The monoisotopic (exact) mass is 246 g/mol. The third-order valence-corrected chi connectivity index (χ3v) is 6.61. The maximum atomic E-state index is 12.8. The molecule has 14 heavy (non-hydrogen) atoms. The Balaban J connectivity index is 3.57. The Morgan fingerprint density at radius 3 is 1.21 bits per heavy atom. The fraction of sp³-hybridized carbons (Fsp3) is 1.00. The third-order valence-electron chi connectivity index (χ3n) is 2.37. The topological polar surface area (TPSA) is 0 Å². The van der Waals surface area contributed by atoms with E-state index in [0.29, 0.717) is 0 Å². The molecule has 0 amide bonds. The highest BCUT2D eigenvalue weighted by atomic mass is 28.4. The molecule has 0 bridgehead atoms. The quantitative estimate of drug-likeness (QED) is 0.267. The van der Waals surface area contributed by atoms with Crippen molar-refractivity contribution in [3.05, 3.63) is 0 Å². The molecule has 86 valence electrons. The minimum atomic E-state index is -4.01. The molecule has 0 N–H and O–H groups in total. The van der Waals surface area contributed by atoms with Crippen molar-refractivity contribution >= 4 is 17.5 Å². The van der Waals surface area contributed by atoms with Gasteiger partial charge in [0.25, 0.3) is 0 Å². The summed E-state index contributed by atoms with van der Waals surface area (Å²) in [7, 11) is -8.03. The molecule has 0 heterocycles. The summed E-state index contributed by atoms with van der Waals surface area (Å²) in [6, 6.07) is -0.349. The highest BCUT2D eigenvalue weighted by Crippen LogP contribution is 2.26. The van der Waals surface area contributed by atoms with Crippen LogP contribution in [0.2, 0.25) is 24.2 Å². The van der Waals surface area contributed by atoms with Crippen LogP contribution in [-0.4, -0.2) is 17.5 Å². The second-order valence-corrected chi connectivity index (χ2v) is 9.46. The van der Waals surface area contributed by atoms with Gasteiger partial charge >= 0.3 is 17.5 Å². The molecular weight excluding hydrogens is 228 g/mol. The van der Waals surface area contributed by atoms with Crippen LogP contribution in [0.25, 0.3) is 0 Å². The zero-order chi connectivity index (χ0) is 11.2. The minimum absolute atomic E-state index is 0.0609. The Morgan fingerprint density at radius 1 is 0.714 bits per heavy atom. The zero-order valence-electron chi connectivity index (χ0n) is 8.75. The lowest BCUT2D eigenvalue weighted by molar-refractivity contribution is 0.560. The molecule has 0 nitrogen and oxygen atoms in total. The maximum Gasteiger partial charge on any atom is 0.424 e. The van der Waals surface area contributed by atoms with E-state index in [1.54, 1.807) is 0 Å². The van der Waals surface area contributed by atoms with Crippen LogP contribution in [0.5, 0.6) is 0 Å². The third kappa shape index (κ3) is 6.58. The number of rotatable bonds is 7. The summed E-state index contributed by atoms with van der Waals surface area (Å²) in [5, 5.41) is 0. The molecule has 0 saturated carbocycles. The molecule has 0 aromatic heterocycles. The van der Waals surface area contributed by atoms with E-state index in [9.17, 15) is 16.4 Å². The Hall–Kier alpha value is 0.154. The summed E-state index contributed by atoms with van der Waals surface area (Å²) in [5.41, 5.74) is 0. The van der Waals surface area contributed by atoms with Gasteiger partial charge in [0.2, 0.25) is 0 Å². The van der Waals surface area contributed by atoms with Crippen LogP contribution in [0.4, 0.5) is 16.4 Å². The van der Waals surface area contributed by atoms with Crippen molar-refractivity contribution < 1.29 is 16.4 Å². The smallest absolute Gasteiger partial charge is 0.270 e. The summed E-state index contributed by atoms with van der Waals surface area (Å²) in [4.78, 5) is 0. The van der Waals surface area contributed by atoms with E-state index >= 15 is 0 Å². The molecule has 0 unspecified atom stereocenters. The van der Waals surface area contributed by atoms with Crippen molar-refractivity contribution in [2.75, 3.05) is 0 Å². The largest absolute Gasteiger partial charge is 0.424 e. The second-order valence-electron chi connectivity index (χ2n) is 3.63. The van der Waals surface area contributed by atoms with E-state index in [0.717, 1.165) is 0 Å². The summed E-state index contributed by atoms with van der Waals surface area (Å²) in [6.07, 6.45) is 0.547. The molecule has 0 aromatic carbocycles. The fourth-order valence-corrected chi connectivity index (χ4v) is 3.36. The molecule has 0 radical (unpaired) electrons. The lowest BCUT2D eigenvalue weighted by Crippen LogP contribution is -2.22. The molecule has 0 spiro atoms. The summed E-state index contributed by atoms with van der Waals surface area (Å²) in [6.45, 7) is 2.95.